The normalized spacial score (nSPS) is 24.2. The Hall–Kier alpha value is -2.44. The predicted molar refractivity (Wildman–Crippen MR) is 80.4 cm³/mol. The van der Waals surface area contributed by atoms with E-state index in [1.807, 2.05) is 0 Å². The molecule has 7 heteroatoms. The molecule has 23 heavy (non-hydrogen) atoms. The van der Waals surface area contributed by atoms with Gasteiger partial charge in [-0.1, -0.05) is 6.07 Å². The first-order valence-corrected chi connectivity index (χ1v) is 7.80. The Morgan fingerprint density at radius 3 is 2.91 bits per heavy atom. The van der Waals surface area contributed by atoms with Gasteiger partial charge < -0.3 is 15.0 Å². The summed E-state index contributed by atoms with van der Waals surface area (Å²) in [6.45, 7) is 1.28. The Morgan fingerprint density at radius 1 is 1.35 bits per heavy atom. The summed E-state index contributed by atoms with van der Waals surface area (Å²) in [5, 5.41) is 2.93. The number of hydrogen-bond acceptors (Lipinski definition) is 5. The summed E-state index contributed by atoms with van der Waals surface area (Å²) in [6, 6.07) is 5.07. The van der Waals surface area contributed by atoms with Crippen molar-refractivity contribution in [2.24, 2.45) is 5.92 Å². The molecular weight excluding hydrogens is 298 g/mol. The van der Waals surface area contributed by atoms with E-state index < -0.39 is 0 Å². The average Bonchev–Trinajstić information content (AvgIpc) is 3.01. The first-order valence-electron chi connectivity index (χ1n) is 7.80. The van der Waals surface area contributed by atoms with E-state index in [9.17, 15) is 14.4 Å². The van der Waals surface area contributed by atoms with Gasteiger partial charge in [0.1, 0.15) is 12.3 Å². The summed E-state index contributed by atoms with van der Waals surface area (Å²) in [4.78, 5) is 41.5. The number of carbonyl (C=O) groups is 3. The second kappa shape index (κ2) is 6.76. The van der Waals surface area contributed by atoms with Crippen LogP contribution in [0, 0.1) is 5.92 Å². The number of ether oxygens (including phenoxy) is 1. The van der Waals surface area contributed by atoms with Crippen molar-refractivity contribution >= 4 is 17.8 Å². The smallest absolute Gasteiger partial charge is 0.306 e. The van der Waals surface area contributed by atoms with Gasteiger partial charge in [-0.3, -0.25) is 19.4 Å². The minimum absolute atomic E-state index is 0.0624. The van der Waals surface area contributed by atoms with Crippen LogP contribution in [-0.2, 0) is 14.3 Å². The first-order chi connectivity index (χ1) is 11.1. The molecule has 0 saturated carbocycles. The van der Waals surface area contributed by atoms with Gasteiger partial charge in [-0.2, -0.15) is 0 Å². The Kier molecular flexibility index (Phi) is 4.55. The highest BCUT2D eigenvalue weighted by molar-refractivity contribution is 5.92. The fraction of sp³-hybridized carbons (Fsp3) is 0.500. The second-order valence-electron chi connectivity index (χ2n) is 5.90. The van der Waals surface area contributed by atoms with Gasteiger partial charge in [0.2, 0.25) is 5.91 Å². The number of hydrogen-bond donors (Lipinski definition) is 1. The number of amides is 2. The molecule has 0 aliphatic carbocycles. The van der Waals surface area contributed by atoms with Gasteiger partial charge >= 0.3 is 5.97 Å². The van der Waals surface area contributed by atoms with Crippen LogP contribution in [0.15, 0.2) is 24.4 Å². The van der Waals surface area contributed by atoms with Gasteiger partial charge in [0.25, 0.3) is 5.91 Å². The molecule has 1 N–H and O–H groups in total. The van der Waals surface area contributed by atoms with Gasteiger partial charge in [-0.05, 0) is 25.0 Å². The molecule has 0 bridgehead atoms. The third kappa shape index (κ3) is 3.67. The molecule has 2 aliphatic heterocycles. The summed E-state index contributed by atoms with van der Waals surface area (Å²) < 4.78 is 4.86. The monoisotopic (exact) mass is 317 g/mol. The maximum absolute atomic E-state index is 12.4. The summed E-state index contributed by atoms with van der Waals surface area (Å²) in [7, 11) is 0. The number of aromatic nitrogens is 1. The van der Waals surface area contributed by atoms with Crippen LogP contribution in [0.2, 0.25) is 0 Å². The predicted octanol–water partition coefficient (Wildman–Crippen LogP) is 0.365. The highest BCUT2D eigenvalue weighted by Crippen LogP contribution is 2.20. The lowest BCUT2D eigenvalue weighted by Crippen LogP contribution is -2.51. The number of pyridine rings is 1. The zero-order valence-corrected chi connectivity index (χ0v) is 12.7. The lowest BCUT2D eigenvalue weighted by Gasteiger charge is -2.34. The minimum Gasteiger partial charge on any atom is -0.465 e. The first kappa shape index (κ1) is 15.5. The zero-order chi connectivity index (χ0) is 16.2. The van der Waals surface area contributed by atoms with E-state index in [0.717, 1.165) is 12.8 Å². The van der Waals surface area contributed by atoms with Crippen LogP contribution in [0.5, 0.6) is 0 Å². The fourth-order valence-electron chi connectivity index (χ4n) is 2.98. The number of carbonyl (C=O) groups excluding carboxylic acids is 3. The molecule has 7 nitrogen and oxygen atoms in total. The molecule has 3 rings (SSSR count). The van der Waals surface area contributed by atoms with Crippen molar-refractivity contribution in [2.75, 3.05) is 19.7 Å². The van der Waals surface area contributed by atoms with Crippen LogP contribution in [0.25, 0.3) is 0 Å². The fourth-order valence-corrected chi connectivity index (χ4v) is 2.98. The number of likely N-dealkylation sites (tertiary alicyclic amines) is 1. The van der Waals surface area contributed by atoms with E-state index in [-0.39, 0.29) is 42.8 Å². The van der Waals surface area contributed by atoms with Crippen molar-refractivity contribution in [3.8, 4) is 0 Å². The van der Waals surface area contributed by atoms with E-state index in [2.05, 4.69) is 10.3 Å². The van der Waals surface area contributed by atoms with E-state index >= 15 is 0 Å². The maximum Gasteiger partial charge on any atom is 0.306 e. The SMILES string of the molecule is O=C1C[C@@H](C(=O)N2CCC[C@H](NC(=O)c3ccccn3)C2)CO1. The minimum atomic E-state index is -0.382. The molecule has 3 heterocycles. The van der Waals surface area contributed by atoms with Crippen LogP contribution < -0.4 is 5.32 Å². The summed E-state index contributed by atoms with van der Waals surface area (Å²) in [5.74, 6) is -0.995. The van der Waals surface area contributed by atoms with Gasteiger partial charge in [-0.15, -0.1) is 0 Å². The lowest BCUT2D eigenvalue weighted by atomic mass is 10.0. The molecule has 0 aromatic carbocycles. The number of esters is 1. The Bertz CT molecular complexity index is 605. The topological polar surface area (TPSA) is 88.6 Å². The number of piperidine rings is 1. The number of rotatable bonds is 3. The molecule has 2 aliphatic rings. The number of cyclic esters (lactones) is 1. The van der Waals surface area contributed by atoms with Crippen LogP contribution in [0.4, 0.5) is 0 Å². The van der Waals surface area contributed by atoms with Crippen molar-refractivity contribution in [2.45, 2.75) is 25.3 Å². The Labute approximate surface area is 134 Å². The Morgan fingerprint density at radius 2 is 2.22 bits per heavy atom. The van der Waals surface area contributed by atoms with Crippen LogP contribution >= 0.6 is 0 Å². The third-order valence-corrected chi connectivity index (χ3v) is 4.17. The van der Waals surface area contributed by atoms with Crippen molar-refractivity contribution in [1.29, 1.82) is 0 Å². The van der Waals surface area contributed by atoms with Gasteiger partial charge in [-0.25, -0.2) is 0 Å². The lowest BCUT2D eigenvalue weighted by molar-refractivity contribution is -0.138. The van der Waals surface area contributed by atoms with Crippen LogP contribution in [-0.4, -0.2) is 53.4 Å². The quantitative estimate of drug-likeness (QED) is 0.814. The highest BCUT2D eigenvalue weighted by Gasteiger charge is 2.35. The van der Waals surface area contributed by atoms with Gasteiger partial charge in [0, 0.05) is 25.3 Å². The highest BCUT2D eigenvalue weighted by atomic mass is 16.5. The van der Waals surface area contributed by atoms with E-state index in [1.165, 1.54) is 0 Å². The standard InChI is InChI=1S/C16H19N3O4/c20-14-8-11(10-23-14)16(22)19-7-3-4-12(9-19)18-15(21)13-5-1-2-6-17-13/h1-2,5-6,11-12H,3-4,7-10H2,(H,18,21)/t11-,12+/m1/s1. The van der Waals surface area contributed by atoms with Crippen LogP contribution in [0.1, 0.15) is 29.8 Å². The molecule has 2 fully saturated rings. The van der Waals surface area contributed by atoms with Gasteiger partial charge in [0.05, 0.1) is 12.3 Å². The Balaban J connectivity index is 1.57. The zero-order valence-electron chi connectivity index (χ0n) is 12.7. The molecular formula is C16H19N3O4. The van der Waals surface area contributed by atoms with Crippen molar-refractivity contribution < 1.29 is 19.1 Å². The van der Waals surface area contributed by atoms with E-state index in [0.29, 0.717) is 18.8 Å². The summed E-state index contributed by atoms with van der Waals surface area (Å²) >= 11 is 0. The van der Waals surface area contributed by atoms with Gasteiger partial charge in [0.15, 0.2) is 0 Å². The molecule has 0 radical (unpaired) electrons. The molecule has 1 aromatic rings. The van der Waals surface area contributed by atoms with E-state index in [1.54, 1.807) is 29.3 Å². The molecule has 1 aromatic heterocycles. The van der Waals surface area contributed by atoms with Crippen molar-refractivity contribution in [3.05, 3.63) is 30.1 Å². The second-order valence-corrected chi connectivity index (χ2v) is 5.90. The number of nitrogens with one attached hydrogen (secondary N) is 1. The maximum atomic E-state index is 12.4. The summed E-state index contributed by atoms with van der Waals surface area (Å²) in [6.07, 6.45) is 3.37. The largest absolute Gasteiger partial charge is 0.465 e. The number of nitrogens with zero attached hydrogens (tertiary/aromatic N) is 2. The van der Waals surface area contributed by atoms with Crippen molar-refractivity contribution in [1.82, 2.24) is 15.2 Å². The molecule has 2 atom stereocenters. The average molecular weight is 317 g/mol. The van der Waals surface area contributed by atoms with Crippen LogP contribution in [0.3, 0.4) is 0 Å². The summed E-state index contributed by atoms with van der Waals surface area (Å²) in [5.41, 5.74) is 0.366. The third-order valence-electron chi connectivity index (χ3n) is 4.17. The molecule has 2 saturated heterocycles. The molecule has 0 unspecified atom stereocenters. The van der Waals surface area contributed by atoms with E-state index in [4.69, 9.17) is 4.74 Å². The molecule has 122 valence electrons. The molecule has 2 amide bonds. The van der Waals surface area contributed by atoms with Crippen molar-refractivity contribution in [3.63, 3.8) is 0 Å². The molecule has 0 spiro atoms.